The van der Waals surface area contributed by atoms with Crippen LogP contribution in [0.2, 0.25) is 0 Å². The first-order valence-corrected chi connectivity index (χ1v) is 8.12. The van der Waals surface area contributed by atoms with Gasteiger partial charge in [-0.15, -0.1) is 0 Å². The van der Waals surface area contributed by atoms with E-state index < -0.39 is 5.97 Å². The third kappa shape index (κ3) is 15.3. The van der Waals surface area contributed by atoms with Crippen molar-refractivity contribution >= 4 is 5.97 Å². The Kier molecular flexibility index (Phi) is 15.0. The number of unbranched alkanes of at least 4 members (excludes halogenated alkanes) is 12. The lowest BCUT2D eigenvalue weighted by Gasteiger charge is -2.02. The molecule has 0 bridgehead atoms. The summed E-state index contributed by atoms with van der Waals surface area (Å²) in [5.74, 6) is -0.733. The van der Waals surface area contributed by atoms with Crippen molar-refractivity contribution in [2.24, 2.45) is 0 Å². The predicted octanol–water partition coefficient (Wildman–Crippen LogP) is 5.90. The first-order chi connectivity index (χ1) is 9.31. The highest BCUT2D eigenvalue weighted by Gasteiger charge is 2.01. The summed E-state index contributed by atoms with van der Waals surface area (Å²) in [6.07, 6.45) is 16.6. The van der Waals surface area contributed by atoms with E-state index >= 15 is 0 Å². The number of halogens is 1. The molecule has 0 aliphatic rings. The van der Waals surface area contributed by atoms with E-state index in [-0.39, 0.29) is 6.42 Å². The van der Waals surface area contributed by atoms with Crippen molar-refractivity contribution in [3.63, 3.8) is 0 Å². The van der Waals surface area contributed by atoms with Crippen LogP contribution in [-0.4, -0.2) is 5.97 Å². The molecule has 0 aliphatic carbocycles. The Morgan fingerprint density at radius 3 is 1.47 bits per heavy atom. The molecule has 19 heavy (non-hydrogen) atoms. The number of hydrogen-bond donors (Lipinski definition) is 0. The van der Waals surface area contributed by atoms with Crippen molar-refractivity contribution in [1.82, 2.24) is 0 Å². The zero-order valence-corrected chi connectivity index (χ0v) is 12.6. The molecule has 0 saturated heterocycles. The van der Waals surface area contributed by atoms with Gasteiger partial charge in [0.2, 0.25) is 0 Å². The van der Waals surface area contributed by atoms with E-state index in [0.717, 1.165) is 19.3 Å². The fourth-order valence-corrected chi connectivity index (χ4v) is 2.33. The van der Waals surface area contributed by atoms with Gasteiger partial charge in [-0.1, -0.05) is 84.0 Å². The van der Waals surface area contributed by atoms with Crippen LogP contribution >= 0.6 is 0 Å². The Bertz CT molecular complexity index is 195. The molecule has 0 fully saturated rings. The molecule has 2 nitrogen and oxygen atoms in total. The van der Waals surface area contributed by atoms with Crippen LogP contribution in [-0.2, 0) is 9.74 Å². The van der Waals surface area contributed by atoms with Crippen LogP contribution in [0.4, 0.5) is 4.53 Å². The van der Waals surface area contributed by atoms with Crippen LogP contribution in [0.5, 0.6) is 0 Å². The smallest absolute Gasteiger partial charge is 0.255 e. The highest BCUT2D eigenvalue weighted by atomic mass is 19.3. The standard InChI is InChI=1S/C16H31FO2/c1-2-3-4-5-6-7-8-9-10-11-12-13-14-15-16(18)19-17/h2-15H2,1H3. The number of rotatable bonds is 14. The molecule has 0 aliphatic heterocycles. The Hall–Kier alpha value is -0.600. The minimum atomic E-state index is -0.733. The lowest BCUT2D eigenvalue weighted by molar-refractivity contribution is -0.183. The molecule has 0 rings (SSSR count). The summed E-state index contributed by atoms with van der Waals surface area (Å²) in [5, 5.41) is 0. The van der Waals surface area contributed by atoms with Crippen molar-refractivity contribution in [3.8, 4) is 0 Å². The highest BCUT2D eigenvalue weighted by molar-refractivity contribution is 5.68. The summed E-state index contributed by atoms with van der Waals surface area (Å²) in [6.45, 7) is 2.25. The van der Waals surface area contributed by atoms with Gasteiger partial charge < -0.3 is 0 Å². The summed E-state index contributed by atoms with van der Waals surface area (Å²) >= 11 is 0. The zero-order valence-electron chi connectivity index (χ0n) is 12.6. The molecule has 0 atom stereocenters. The second kappa shape index (κ2) is 15.5. The topological polar surface area (TPSA) is 26.3 Å². The minimum absolute atomic E-state index is 0.217. The number of carbonyl (C=O) groups is 1. The largest absolute Gasteiger partial charge is 0.348 e. The normalized spacial score (nSPS) is 10.6. The lowest BCUT2D eigenvalue weighted by atomic mass is 10.0. The molecule has 0 aromatic carbocycles. The fourth-order valence-electron chi connectivity index (χ4n) is 2.33. The molecule has 3 heteroatoms. The first kappa shape index (κ1) is 18.4. The van der Waals surface area contributed by atoms with E-state index in [1.54, 1.807) is 0 Å². The number of hydrogen-bond acceptors (Lipinski definition) is 2. The van der Waals surface area contributed by atoms with Gasteiger partial charge >= 0.3 is 5.97 Å². The molecule has 0 amide bonds. The van der Waals surface area contributed by atoms with Gasteiger partial charge in [0.25, 0.3) is 0 Å². The molecule has 0 aromatic rings. The summed E-state index contributed by atoms with van der Waals surface area (Å²) in [6, 6.07) is 0. The minimum Gasteiger partial charge on any atom is -0.255 e. The molecule has 0 N–H and O–H groups in total. The van der Waals surface area contributed by atoms with Gasteiger partial charge in [0.05, 0.1) is 0 Å². The molecule has 0 spiro atoms. The number of carbonyl (C=O) groups excluding carboxylic acids is 1. The van der Waals surface area contributed by atoms with Crippen molar-refractivity contribution in [1.29, 1.82) is 0 Å². The first-order valence-electron chi connectivity index (χ1n) is 8.12. The molecular weight excluding hydrogens is 243 g/mol. The van der Waals surface area contributed by atoms with Gasteiger partial charge in [-0.05, 0) is 6.42 Å². The Labute approximate surface area is 118 Å². The van der Waals surface area contributed by atoms with Gasteiger partial charge in [-0.3, -0.25) is 4.94 Å². The maximum Gasteiger partial charge on any atom is 0.348 e. The average Bonchev–Trinajstić information content (AvgIpc) is 2.43. The summed E-state index contributed by atoms with van der Waals surface area (Å²) < 4.78 is 11.4. The highest BCUT2D eigenvalue weighted by Crippen LogP contribution is 2.12. The molecule has 0 unspecified atom stereocenters. The van der Waals surface area contributed by atoms with Crippen molar-refractivity contribution in [2.45, 2.75) is 96.8 Å². The Balaban J connectivity index is 2.97. The molecular formula is C16H31FO2. The van der Waals surface area contributed by atoms with Crippen LogP contribution in [0.25, 0.3) is 0 Å². The van der Waals surface area contributed by atoms with E-state index in [1.165, 1.54) is 64.2 Å². The van der Waals surface area contributed by atoms with E-state index in [4.69, 9.17) is 0 Å². The maximum absolute atomic E-state index is 11.4. The van der Waals surface area contributed by atoms with Gasteiger partial charge in [-0.2, -0.15) is 0 Å². The Morgan fingerprint density at radius 2 is 1.11 bits per heavy atom. The SMILES string of the molecule is CCCCCCCCCCCCCCCC(=O)OF. The van der Waals surface area contributed by atoms with E-state index in [1.807, 2.05) is 0 Å². The van der Waals surface area contributed by atoms with Gasteiger partial charge in [0.15, 0.2) is 0 Å². The molecule has 0 aromatic heterocycles. The molecule has 0 radical (unpaired) electrons. The van der Waals surface area contributed by atoms with Gasteiger partial charge in [0.1, 0.15) is 0 Å². The van der Waals surface area contributed by atoms with Crippen molar-refractivity contribution in [2.75, 3.05) is 0 Å². The summed E-state index contributed by atoms with van der Waals surface area (Å²) in [5.41, 5.74) is 0. The Morgan fingerprint density at radius 1 is 0.737 bits per heavy atom. The van der Waals surface area contributed by atoms with Crippen LogP contribution in [0.1, 0.15) is 96.8 Å². The van der Waals surface area contributed by atoms with Crippen LogP contribution in [0.15, 0.2) is 0 Å². The maximum atomic E-state index is 11.4. The second-order valence-electron chi connectivity index (χ2n) is 5.44. The average molecular weight is 274 g/mol. The van der Waals surface area contributed by atoms with Crippen LogP contribution < -0.4 is 0 Å². The molecule has 0 saturated carbocycles. The molecule has 114 valence electrons. The van der Waals surface area contributed by atoms with Crippen molar-refractivity contribution in [3.05, 3.63) is 0 Å². The van der Waals surface area contributed by atoms with Crippen LogP contribution in [0, 0.1) is 0 Å². The fraction of sp³-hybridized carbons (Fsp3) is 0.938. The second-order valence-corrected chi connectivity index (χ2v) is 5.44. The zero-order chi connectivity index (χ0) is 14.2. The third-order valence-corrected chi connectivity index (χ3v) is 3.57. The van der Waals surface area contributed by atoms with E-state index in [9.17, 15) is 9.32 Å². The van der Waals surface area contributed by atoms with Crippen molar-refractivity contribution < 1.29 is 14.3 Å². The van der Waals surface area contributed by atoms with Crippen LogP contribution in [0.3, 0.4) is 0 Å². The predicted molar refractivity (Wildman–Crippen MR) is 77.5 cm³/mol. The molecule has 0 heterocycles. The lowest BCUT2D eigenvalue weighted by Crippen LogP contribution is -1.96. The summed E-state index contributed by atoms with van der Waals surface area (Å²) in [4.78, 5) is 13.6. The van der Waals surface area contributed by atoms with Gasteiger partial charge in [0, 0.05) is 10.9 Å². The third-order valence-electron chi connectivity index (χ3n) is 3.57. The monoisotopic (exact) mass is 274 g/mol. The summed E-state index contributed by atoms with van der Waals surface area (Å²) in [7, 11) is 0. The quantitative estimate of drug-likeness (QED) is 0.369. The van der Waals surface area contributed by atoms with Gasteiger partial charge in [-0.25, -0.2) is 4.79 Å². The van der Waals surface area contributed by atoms with E-state index in [0.29, 0.717) is 0 Å². The van der Waals surface area contributed by atoms with E-state index in [2.05, 4.69) is 11.9 Å².